The Balaban J connectivity index is 1.89. The number of aryl methyl sites for hydroxylation is 1. The first-order valence-corrected chi connectivity index (χ1v) is 10.5. The number of hydrogen-bond donors (Lipinski definition) is 1. The van der Waals surface area contributed by atoms with Crippen LogP contribution in [-0.2, 0) is 10.0 Å². The zero-order valence-corrected chi connectivity index (χ0v) is 16.7. The highest BCUT2D eigenvalue weighted by molar-refractivity contribution is 7.89. The molecule has 1 saturated heterocycles. The van der Waals surface area contributed by atoms with E-state index < -0.39 is 21.7 Å². The van der Waals surface area contributed by atoms with Crippen molar-refractivity contribution < 1.29 is 22.3 Å². The molecule has 28 heavy (non-hydrogen) atoms. The fourth-order valence-corrected chi connectivity index (χ4v) is 5.02. The number of nitrogens with zero attached hydrogens (tertiary/aromatic N) is 1. The van der Waals surface area contributed by atoms with Gasteiger partial charge in [-0.15, -0.1) is 0 Å². The number of methoxy groups -OCH3 is 1. The van der Waals surface area contributed by atoms with Crippen molar-refractivity contribution >= 4 is 21.6 Å². The quantitative estimate of drug-likeness (QED) is 0.824. The summed E-state index contributed by atoms with van der Waals surface area (Å²) in [5, 5.41) is 2.63. The molecule has 8 heteroatoms. The number of piperidine rings is 1. The molecule has 1 aliphatic heterocycles. The van der Waals surface area contributed by atoms with Gasteiger partial charge in [0.1, 0.15) is 11.6 Å². The van der Waals surface area contributed by atoms with Crippen LogP contribution in [0.3, 0.4) is 0 Å². The minimum Gasteiger partial charge on any atom is -0.496 e. The van der Waals surface area contributed by atoms with Crippen molar-refractivity contribution in [2.45, 2.75) is 31.1 Å². The standard InChI is InChI=1S/C20H23FN2O4S/c1-14-6-8-16(13-19(14)28(25,26)23-10-4-3-5-11-23)22-20(24)17-12-15(21)7-9-18(17)27-2/h6-9,12-13H,3-5,10-11H2,1-2H3,(H,22,24). The Kier molecular flexibility index (Phi) is 6.00. The van der Waals surface area contributed by atoms with Crippen LogP contribution in [0, 0.1) is 12.7 Å². The van der Waals surface area contributed by atoms with Crippen molar-refractivity contribution in [3.05, 3.63) is 53.3 Å². The number of amides is 1. The van der Waals surface area contributed by atoms with Gasteiger partial charge in [-0.3, -0.25) is 4.79 Å². The second kappa shape index (κ2) is 8.28. The van der Waals surface area contributed by atoms with Gasteiger partial charge >= 0.3 is 0 Å². The van der Waals surface area contributed by atoms with Crippen molar-refractivity contribution in [2.75, 3.05) is 25.5 Å². The molecule has 1 N–H and O–H groups in total. The fraction of sp³-hybridized carbons (Fsp3) is 0.350. The third-order valence-corrected chi connectivity index (χ3v) is 6.83. The molecule has 3 rings (SSSR count). The summed E-state index contributed by atoms with van der Waals surface area (Å²) in [4.78, 5) is 12.7. The fourth-order valence-electron chi connectivity index (χ4n) is 3.26. The molecule has 1 amide bonds. The Labute approximate surface area is 164 Å². The van der Waals surface area contributed by atoms with E-state index in [1.54, 1.807) is 19.1 Å². The Hall–Kier alpha value is -2.45. The van der Waals surface area contributed by atoms with E-state index >= 15 is 0 Å². The molecule has 150 valence electrons. The number of anilines is 1. The number of rotatable bonds is 5. The number of carbonyl (C=O) groups is 1. The average molecular weight is 406 g/mol. The van der Waals surface area contributed by atoms with Crippen LogP contribution >= 0.6 is 0 Å². The van der Waals surface area contributed by atoms with Crippen LogP contribution in [0.5, 0.6) is 5.75 Å². The summed E-state index contributed by atoms with van der Waals surface area (Å²) in [6.45, 7) is 2.72. The molecule has 0 radical (unpaired) electrons. The lowest BCUT2D eigenvalue weighted by Crippen LogP contribution is -2.36. The topological polar surface area (TPSA) is 75.7 Å². The lowest BCUT2D eigenvalue weighted by molar-refractivity contribution is 0.102. The van der Waals surface area contributed by atoms with Crippen LogP contribution in [0.15, 0.2) is 41.3 Å². The van der Waals surface area contributed by atoms with Crippen LogP contribution < -0.4 is 10.1 Å². The van der Waals surface area contributed by atoms with Crippen molar-refractivity contribution in [1.29, 1.82) is 0 Å². The summed E-state index contributed by atoms with van der Waals surface area (Å²) in [5.41, 5.74) is 0.952. The lowest BCUT2D eigenvalue weighted by Gasteiger charge is -2.26. The first-order chi connectivity index (χ1) is 13.3. The molecule has 0 spiro atoms. The Morgan fingerprint density at radius 2 is 1.82 bits per heavy atom. The van der Waals surface area contributed by atoms with E-state index in [0.717, 1.165) is 25.3 Å². The van der Waals surface area contributed by atoms with E-state index in [4.69, 9.17) is 4.74 Å². The first-order valence-electron chi connectivity index (χ1n) is 9.08. The lowest BCUT2D eigenvalue weighted by atomic mass is 10.1. The molecule has 0 bridgehead atoms. The first kappa shape index (κ1) is 20.3. The van der Waals surface area contributed by atoms with Crippen molar-refractivity contribution in [1.82, 2.24) is 4.31 Å². The highest BCUT2D eigenvalue weighted by Gasteiger charge is 2.27. The van der Waals surface area contributed by atoms with Crippen LogP contribution in [0.1, 0.15) is 35.2 Å². The maximum Gasteiger partial charge on any atom is 0.259 e. The summed E-state index contributed by atoms with van der Waals surface area (Å²) in [6.07, 6.45) is 2.71. The van der Waals surface area contributed by atoms with E-state index in [-0.39, 0.29) is 16.2 Å². The summed E-state index contributed by atoms with van der Waals surface area (Å²) >= 11 is 0. The molecular weight excluding hydrogens is 383 g/mol. The second-order valence-corrected chi connectivity index (χ2v) is 8.65. The summed E-state index contributed by atoms with van der Waals surface area (Å²) in [6, 6.07) is 8.36. The Bertz CT molecular complexity index is 986. The van der Waals surface area contributed by atoms with Gasteiger partial charge in [0.15, 0.2) is 0 Å². The molecule has 0 atom stereocenters. The minimum absolute atomic E-state index is 0.0310. The van der Waals surface area contributed by atoms with Gasteiger partial charge in [0.05, 0.1) is 17.6 Å². The van der Waals surface area contributed by atoms with Crippen LogP contribution in [0.25, 0.3) is 0 Å². The summed E-state index contributed by atoms with van der Waals surface area (Å²) < 4.78 is 46.1. The summed E-state index contributed by atoms with van der Waals surface area (Å²) in [7, 11) is -2.25. The number of carbonyl (C=O) groups excluding carboxylic acids is 1. The van der Waals surface area contributed by atoms with Crippen molar-refractivity contribution in [3.63, 3.8) is 0 Å². The van der Waals surface area contributed by atoms with E-state index in [9.17, 15) is 17.6 Å². The van der Waals surface area contributed by atoms with Crippen molar-refractivity contribution in [2.24, 2.45) is 0 Å². The number of sulfonamides is 1. The molecule has 0 saturated carbocycles. The monoisotopic (exact) mass is 406 g/mol. The minimum atomic E-state index is -3.64. The third-order valence-electron chi connectivity index (χ3n) is 4.79. The van der Waals surface area contributed by atoms with Gasteiger partial charge in [-0.05, 0) is 55.7 Å². The average Bonchev–Trinajstić information content (AvgIpc) is 2.70. The van der Waals surface area contributed by atoms with Gasteiger partial charge in [-0.2, -0.15) is 4.31 Å². The van der Waals surface area contributed by atoms with E-state index in [0.29, 0.717) is 24.3 Å². The number of ether oxygens (including phenoxy) is 1. The normalized spacial score (nSPS) is 15.2. The number of nitrogens with one attached hydrogen (secondary N) is 1. The van der Waals surface area contributed by atoms with Gasteiger partial charge in [-0.25, -0.2) is 12.8 Å². The Morgan fingerprint density at radius 1 is 1.11 bits per heavy atom. The van der Waals surface area contributed by atoms with Gasteiger partial charge in [0, 0.05) is 18.8 Å². The third kappa shape index (κ3) is 4.18. The zero-order chi connectivity index (χ0) is 20.3. The van der Waals surface area contributed by atoms with Crippen molar-refractivity contribution in [3.8, 4) is 5.75 Å². The molecule has 0 unspecified atom stereocenters. The largest absolute Gasteiger partial charge is 0.496 e. The van der Waals surface area contributed by atoms with Crippen LogP contribution in [-0.4, -0.2) is 38.8 Å². The SMILES string of the molecule is COc1ccc(F)cc1C(=O)Nc1ccc(C)c(S(=O)(=O)N2CCCCC2)c1. The molecular formula is C20H23FN2O4S. The second-order valence-electron chi connectivity index (χ2n) is 6.74. The number of halogens is 1. The molecule has 0 aliphatic carbocycles. The smallest absolute Gasteiger partial charge is 0.259 e. The number of hydrogen-bond acceptors (Lipinski definition) is 4. The van der Waals surface area contributed by atoms with E-state index in [1.807, 2.05) is 0 Å². The molecule has 2 aromatic carbocycles. The van der Waals surface area contributed by atoms with Crippen LogP contribution in [0.2, 0.25) is 0 Å². The molecule has 0 aromatic heterocycles. The molecule has 1 heterocycles. The predicted octanol–water partition coefficient (Wildman–Crippen LogP) is 3.57. The molecule has 1 fully saturated rings. The maximum absolute atomic E-state index is 13.5. The van der Waals surface area contributed by atoms with Gasteiger partial charge in [-0.1, -0.05) is 12.5 Å². The maximum atomic E-state index is 13.5. The Morgan fingerprint density at radius 3 is 2.50 bits per heavy atom. The van der Waals surface area contributed by atoms with E-state index in [2.05, 4.69) is 5.32 Å². The van der Waals surface area contributed by atoms with Crippen LogP contribution in [0.4, 0.5) is 10.1 Å². The zero-order valence-electron chi connectivity index (χ0n) is 15.9. The molecule has 2 aromatic rings. The van der Waals surface area contributed by atoms with Gasteiger partial charge in [0.2, 0.25) is 10.0 Å². The summed E-state index contributed by atoms with van der Waals surface area (Å²) in [5.74, 6) is -0.920. The highest BCUT2D eigenvalue weighted by atomic mass is 32.2. The highest BCUT2D eigenvalue weighted by Crippen LogP contribution is 2.27. The van der Waals surface area contributed by atoms with Gasteiger partial charge < -0.3 is 10.1 Å². The predicted molar refractivity (Wildman–Crippen MR) is 105 cm³/mol. The van der Waals surface area contributed by atoms with Gasteiger partial charge in [0.25, 0.3) is 5.91 Å². The molecule has 6 nitrogen and oxygen atoms in total. The molecule has 1 aliphatic rings. The van der Waals surface area contributed by atoms with E-state index in [1.165, 1.54) is 29.6 Å². The number of benzene rings is 2.